The second-order valence-corrected chi connectivity index (χ2v) is 16.2. The van der Waals surface area contributed by atoms with Gasteiger partial charge in [0.25, 0.3) is 11.6 Å². The number of nitrogens with two attached hydrogens (primary N) is 1. The highest BCUT2D eigenvalue weighted by atomic mass is 16.8. The summed E-state index contributed by atoms with van der Waals surface area (Å²) in [5.41, 5.74) is -0.843. The molecule has 0 bridgehead atoms. The SMILES string of the molecule is CC(=O)CC(C(O)C/C(=N/OCCON)C(=O)O)C(O)C(O)C(CO)OC1(C(=O)O)CC(O)C(CC(C)=O)C(C(O)C(CO)OC2(C(=O)O)CC(O)C(CC(C)=O)C(C(O)C(O)CO)O2)O1. The molecule has 16 N–H and O–H groups in total. The minimum atomic E-state index is -3.30. The zero-order valence-electron chi connectivity index (χ0n) is 36.1. The number of hydrogen-bond acceptors (Lipinski definition) is 25. The molecule has 17 unspecified atom stereocenters. The number of Topliss-reactive ketones (excluding diaryl/α,β-unsaturated/α-hetero) is 3. The molecule has 66 heavy (non-hydrogen) atoms. The highest BCUT2D eigenvalue weighted by Crippen LogP contribution is 2.43. The van der Waals surface area contributed by atoms with Gasteiger partial charge in [0, 0.05) is 56.3 Å². The summed E-state index contributed by atoms with van der Waals surface area (Å²) in [6.45, 7) is -1.39. The molecular formula is C38H62N2O26. The molecule has 0 spiro atoms. The lowest BCUT2D eigenvalue weighted by molar-refractivity contribution is -0.360. The number of oxime groups is 1. The quantitative estimate of drug-likeness (QED) is 0.0181. The van der Waals surface area contributed by atoms with Gasteiger partial charge in [-0.3, -0.25) is 0 Å². The van der Waals surface area contributed by atoms with E-state index in [0.29, 0.717) is 0 Å². The predicted octanol–water partition coefficient (Wildman–Crippen LogP) is -6.72. The Bertz CT molecular complexity index is 1670. The van der Waals surface area contributed by atoms with Crippen molar-refractivity contribution in [2.24, 2.45) is 28.8 Å². The molecule has 0 aliphatic carbocycles. The summed E-state index contributed by atoms with van der Waals surface area (Å²) in [6.07, 6.45) is -31.7. The van der Waals surface area contributed by atoms with E-state index < -0.39 is 202 Å². The Labute approximate surface area is 375 Å². The van der Waals surface area contributed by atoms with Gasteiger partial charge in [0.2, 0.25) is 0 Å². The van der Waals surface area contributed by atoms with Crippen molar-refractivity contribution in [1.29, 1.82) is 0 Å². The predicted molar refractivity (Wildman–Crippen MR) is 211 cm³/mol. The number of aliphatic hydroxyl groups is 11. The summed E-state index contributed by atoms with van der Waals surface area (Å²) < 4.78 is 22.4. The van der Waals surface area contributed by atoms with Crippen molar-refractivity contribution >= 4 is 41.0 Å². The Morgan fingerprint density at radius 1 is 0.652 bits per heavy atom. The molecule has 0 radical (unpaired) electrons. The molecule has 2 heterocycles. The Kier molecular flexibility index (Phi) is 23.1. The second-order valence-electron chi connectivity index (χ2n) is 16.2. The smallest absolute Gasteiger partial charge is 0.364 e. The molecule has 2 fully saturated rings. The normalized spacial score (nSPS) is 30.1. The molecule has 28 heteroatoms. The minimum Gasteiger partial charge on any atom is -0.477 e. The molecule has 2 rings (SSSR count). The van der Waals surface area contributed by atoms with Gasteiger partial charge in [0.15, 0.2) is 5.71 Å². The number of carbonyl (C=O) groups excluding carboxylic acids is 3. The van der Waals surface area contributed by atoms with Gasteiger partial charge in [-0.05, 0) is 20.8 Å². The summed E-state index contributed by atoms with van der Waals surface area (Å²) in [6, 6.07) is 0. The number of carbonyl (C=O) groups is 6. The fourth-order valence-electron chi connectivity index (χ4n) is 7.81. The number of carboxylic acid groups (broad SMARTS) is 3. The van der Waals surface area contributed by atoms with Crippen LogP contribution in [0.25, 0.3) is 0 Å². The number of rotatable bonds is 30. The van der Waals surface area contributed by atoms with E-state index in [1.807, 2.05) is 0 Å². The molecule has 0 amide bonds. The topological polar surface area (TPSA) is 479 Å². The maximum absolute atomic E-state index is 13.1. The molecule has 17 atom stereocenters. The van der Waals surface area contributed by atoms with Crippen LogP contribution in [0.5, 0.6) is 0 Å². The first-order valence-corrected chi connectivity index (χ1v) is 20.4. The Morgan fingerprint density at radius 3 is 1.52 bits per heavy atom. The van der Waals surface area contributed by atoms with Crippen LogP contribution in [-0.4, -0.2) is 230 Å². The third-order valence-electron chi connectivity index (χ3n) is 11.1. The van der Waals surface area contributed by atoms with Gasteiger partial charge in [-0.2, -0.15) is 0 Å². The molecule has 0 aromatic heterocycles. The molecule has 0 saturated carbocycles. The van der Waals surface area contributed by atoms with E-state index in [1.54, 1.807) is 0 Å². The van der Waals surface area contributed by atoms with Crippen molar-refractivity contribution in [2.75, 3.05) is 33.0 Å². The number of hydrogen-bond donors (Lipinski definition) is 15. The zero-order valence-corrected chi connectivity index (χ0v) is 36.1. The Balaban J connectivity index is 2.61. The van der Waals surface area contributed by atoms with E-state index >= 15 is 0 Å². The first-order valence-electron chi connectivity index (χ1n) is 20.4. The van der Waals surface area contributed by atoms with Crippen LogP contribution < -0.4 is 5.90 Å². The molecule has 2 aliphatic rings. The number of aliphatic hydroxyl groups excluding tert-OH is 11. The maximum Gasteiger partial charge on any atom is 0.364 e. The van der Waals surface area contributed by atoms with Crippen molar-refractivity contribution in [2.45, 2.75) is 144 Å². The average Bonchev–Trinajstić information content (AvgIpc) is 3.24. The average molecular weight is 963 g/mol. The lowest BCUT2D eigenvalue weighted by Crippen LogP contribution is -2.66. The monoisotopic (exact) mass is 962 g/mol. The summed E-state index contributed by atoms with van der Waals surface area (Å²) in [7, 11) is 0. The lowest BCUT2D eigenvalue weighted by Gasteiger charge is -2.50. The molecular weight excluding hydrogens is 900 g/mol. The fourth-order valence-corrected chi connectivity index (χ4v) is 7.81. The van der Waals surface area contributed by atoms with Gasteiger partial charge in [-0.25, -0.2) is 20.3 Å². The van der Waals surface area contributed by atoms with E-state index in [9.17, 15) is 100 Å². The first-order chi connectivity index (χ1) is 30.8. The molecule has 2 aliphatic heterocycles. The number of ketones is 3. The highest BCUT2D eigenvalue weighted by Gasteiger charge is 2.60. The van der Waals surface area contributed by atoms with Crippen molar-refractivity contribution in [3.63, 3.8) is 0 Å². The van der Waals surface area contributed by atoms with Crippen molar-refractivity contribution in [1.82, 2.24) is 0 Å². The van der Waals surface area contributed by atoms with E-state index in [-0.39, 0.29) is 13.2 Å². The molecule has 28 nitrogen and oxygen atoms in total. The van der Waals surface area contributed by atoms with Crippen molar-refractivity contribution in [3.05, 3.63) is 0 Å². The number of aliphatic carboxylic acids is 3. The van der Waals surface area contributed by atoms with Gasteiger partial charge < -0.3 is 114 Å². The van der Waals surface area contributed by atoms with Crippen LogP contribution >= 0.6 is 0 Å². The minimum absolute atomic E-state index is 0.230. The summed E-state index contributed by atoms with van der Waals surface area (Å²) in [4.78, 5) is 83.5. The van der Waals surface area contributed by atoms with Crippen LogP contribution in [0.3, 0.4) is 0 Å². The molecule has 0 aromatic rings. The van der Waals surface area contributed by atoms with E-state index in [1.165, 1.54) is 0 Å². The van der Waals surface area contributed by atoms with Gasteiger partial charge in [0.1, 0.15) is 67.2 Å². The van der Waals surface area contributed by atoms with Crippen LogP contribution in [0.2, 0.25) is 0 Å². The van der Waals surface area contributed by atoms with Crippen LogP contribution in [-0.2, 0) is 57.4 Å². The van der Waals surface area contributed by atoms with Gasteiger partial charge in [-0.1, -0.05) is 5.16 Å². The van der Waals surface area contributed by atoms with Crippen LogP contribution in [0.15, 0.2) is 5.16 Å². The fraction of sp³-hybridized carbons (Fsp3) is 0.816. The summed E-state index contributed by atoms with van der Waals surface area (Å²) in [5.74, 6) is -14.5. The standard InChI is InChI=1S/C38H62N2O26/c1-15(44)6-18(22(47)9-21(34(55)56)40-62-5-4-61-39)28(51)30(53)26(13-42)63-37(35(57)58)11-24(49)20(8-17(3)46)33(66-37)31(54)27(14-43)64-38(36(59)60)10-23(48)19(7-16(2)45)32(65-38)29(52)25(50)12-41/h18-20,22-33,41-43,47-54H,4-14,39H2,1-3H3,(H,55,56)(H,57,58)(H,59,60)/b40-21-. The van der Waals surface area contributed by atoms with Crippen molar-refractivity contribution < 1.29 is 129 Å². The third-order valence-corrected chi connectivity index (χ3v) is 11.1. The number of ether oxygens (including phenoxy) is 4. The Hall–Kier alpha value is -3.79. The van der Waals surface area contributed by atoms with E-state index in [2.05, 4.69) is 9.99 Å². The van der Waals surface area contributed by atoms with Crippen LogP contribution in [0.1, 0.15) is 59.3 Å². The van der Waals surface area contributed by atoms with E-state index in [4.69, 9.17) is 29.7 Å². The van der Waals surface area contributed by atoms with Crippen LogP contribution in [0.4, 0.5) is 0 Å². The van der Waals surface area contributed by atoms with Crippen molar-refractivity contribution in [3.8, 4) is 0 Å². The first kappa shape index (κ1) is 58.3. The molecule has 380 valence electrons. The number of nitrogens with zero attached hydrogens (tertiary/aromatic N) is 1. The summed E-state index contributed by atoms with van der Waals surface area (Å²) in [5, 5.41) is 153. The third kappa shape index (κ3) is 15.1. The van der Waals surface area contributed by atoms with Crippen LogP contribution in [0, 0.1) is 17.8 Å². The molecule has 0 aromatic carbocycles. The molecule has 2 saturated heterocycles. The zero-order chi connectivity index (χ0) is 50.4. The van der Waals surface area contributed by atoms with Gasteiger partial charge in [-0.15, -0.1) is 0 Å². The number of carboxylic acids is 3. The van der Waals surface area contributed by atoms with Gasteiger partial charge in [0.05, 0.1) is 56.4 Å². The highest BCUT2D eigenvalue weighted by molar-refractivity contribution is 6.35. The second kappa shape index (κ2) is 26.1. The van der Waals surface area contributed by atoms with E-state index in [0.717, 1.165) is 20.8 Å². The largest absolute Gasteiger partial charge is 0.477 e. The summed E-state index contributed by atoms with van der Waals surface area (Å²) >= 11 is 0. The van der Waals surface area contributed by atoms with Gasteiger partial charge >= 0.3 is 17.9 Å². The lowest BCUT2D eigenvalue weighted by atomic mass is 9.79. The Morgan fingerprint density at radius 2 is 1.12 bits per heavy atom. The maximum atomic E-state index is 13.1.